The van der Waals surface area contributed by atoms with Crippen molar-refractivity contribution < 1.29 is 14.6 Å². The first-order valence-electron chi connectivity index (χ1n) is 9.26. The Balaban J connectivity index is 1.68. The first-order valence-corrected chi connectivity index (χ1v) is 9.26. The van der Waals surface area contributed by atoms with Gasteiger partial charge in [-0.2, -0.15) is 0 Å². The summed E-state index contributed by atoms with van der Waals surface area (Å²) in [6.45, 7) is 0.495. The lowest BCUT2D eigenvalue weighted by molar-refractivity contribution is 0.0690. The molecule has 1 N–H and O–H groups in total. The molecule has 140 valence electrons. The molecule has 0 amide bonds. The van der Waals surface area contributed by atoms with Gasteiger partial charge in [-0.05, 0) is 42.0 Å². The monoisotopic (exact) mass is 372 g/mol. The Hall–Kier alpha value is -3.47. The highest BCUT2D eigenvalue weighted by Gasteiger charge is 2.22. The fourth-order valence-electron chi connectivity index (χ4n) is 3.52. The van der Waals surface area contributed by atoms with Crippen LogP contribution in [0.3, 0.4) is 0 Å². The van der Waals surface area contributed by atoms with Crippen molar-refractivity contribution in [3.05, 3.63) is 89.5 Å². The van der Waals surface area contributed by atoms with Crippen molar-refractivity contribution in [3.8, 4) is 5.75 Å². The Morgan fingerprint density at radius 3 is 2.54 bits per heavy atom. The number of aromatic nitrogens is 2. The molecule has 1 aliphatic rings. The van der Waals surface area contributed by atoms with Gasteiger partial charge >= 0.3 is 5.97 Å². The lowest BCUT2D eigenvalue weighted by Crippen LogP contribution is -2.04. The second-order valence-corrected chi connectivity index (χ2v) is 6.68. The van der Waals surface area contributed by atoms with Crippen molar-refractivity contribution in [2.75, 3.05) is 0 Å². The molecule has 0 radical (unpaired) electrons. The van der Waals surface area contributed by atoms with Crippen LogP contribution in [0.25, 0.3) is 11.1 Å². The smallest absolute Gasteiger partial charge is 0.356 e. The van der Waals surface area contributed by atoms with Crippen LogP contribution in [-0.4, -0.2) is 21.0 Å². The molecule has 5 heteroatoms. The molecule has 1 aromatic heterocycles. The summed E-state index contributed by atoms with van der Waals surface area (Å²) in [5.74, 6) is -0.246. The van der Waals surface area contributed by atoms with E-state index in [9.17, 15) is 9.90 Å². The van der Waals surface area contributed by atoms with Crippen LogP contribution in [0, 0.1) is 0 Å². The van der Waals surface area contributed by atoms with Gasteiger partial charge in [0, 0.05) is 5.56 Å². The second-order valence-electron chi connectivity index (χ2n) is 6.68. The Morgan fingerprint density at radius 1 is 0.964 bits per heavy atom. The van der Waals surface area contributed by atoms with E-state index in [-0.39, 0.29) is 5.69 Å². The molecule has 28 heavy (non-hydrogen) atoms. The van der Waals surface area contributed by atoms with Gasteiger partial charge in [-0.1, -0.05) is 48.5 Å². The predicted molar refractivity (Wildman–Crippen MR) is 107 cm³/mol. The number of nitrogens with zero attached hydrogens (tertiary/aromatic N) is 2. The highest BCUT2D eigenvalue weighted by atomic mass is 16.5. The Bertz CT molecular complexity index is 1030. The van der Waals surface area contributed by atoms with E-state index in [0.717, 1.165) is 47.3 Å². The summed E-state index contributed by atoms with van der Waals surface area (Å²) in [4.78, 5) is 19.6. The maximum atomic E-state index is 11.3. The first-order chi connectivity index (χ1) is 13.7. The summed E-state index contributed by atoms with van der Waals surface area (Å²) < 4.78 is 6.12. The van der Waals surface area contributed by atoms with Crippen LogP contribution in [0.2, 0.25) is 0 Å². The number of carboxylic acids is 1. The minimum Gasteiger partial charge on any atom is -0.488 e. The minimum absolute atomic E-state index is 0.0372. The largest absolute Gasteiger partial charge is 0.488 e. The number of para-hydroxylation sites is 1. The van der Waals surface area contributed by atoms with Crippen LogP contribution in [0.4, 0.5) is 0 Å². The molecule has 3 aromatic rings. The summed E-state index contributed by atoms with van der Waals surface area (Å²) in [6.07, 6.45) is 5.66. The van der Waals surface area contributed by atoms with Crippen LogP contribution < -0.4 is 4.74 Å². The number of hydrogen-bond donors (Lipinski definition) is 1. The number of allylic oxidation sites excluding steroid dienone is 2. The average Bonchev–Trinajstić information content (AvgIpc) is 3.23. The Kier molecular flexibility index (Phi) is 5.15. The summed E-state index contributed by atoms with van der Waals surface area (Å²) in [6, 6.07) is 18.0. The molecule has 1 heterocycles. The number of carboxylic acid groups (broad SMARTS) is 1. The van der Waals surface area contributed by atoms with Crippen molar-refractivity contribution in [2.24, 2.45) is 0 Å². The molecule has 0 atom stereocenters. The van der Waals surface area contributed by atoms with Crippen LogP contribution in [0.15, 0.2) is 67.0 Å². The zero-order chi connectivity index (χ0) is 19.3. The molecule has 4 rings (SSSR count). The number of benzene rings is 2. The average molecular weight is 372 g/mol. The summed E-state index contributed by atoms with van der Waals surface area (Å²) in [5.41, 5.74) is 4.94. The number of hydrogen-bond acceptors (Lipinski definition) is 4. The lowest BCUT2D eigenvalue weighted by atomic mass is 9.99. The van der Waals surface area contributed by atoms with Gasteiger partial charge in [0.25, 0.3) is 0 Å². The van der Waals surface area contributed by atoms with E-state index in [1.165, 1.54) is 6.20 Å². The third kappa shape index (κ3) is 3.78. The van der Waals surface area contributed by atoms with E-state index < -0.39 is 5.97 Å². The number of rotatable bonds is 6. The molecule has 0 spiro atoms. The SMILES string of the molecule is O=C(O)c1cncc(C2=C(c3ccccc3OCc3ccccc3)CCC2)n1. The number of ether oxygens (including phenoxy) is 1. The molecule has 5 nitrogen and oxygen atoms in total. The second kappa shape index (κ2) is 8.05. The van der Waals surface area contributed by atoms with Gasteiger partial charge < -0.3 is 9.84 Å². The predicted octanol–water partition coefficient (Wildman–Crippen LogP) is 4.85. The van der Waals surface area contributed by atoms with E-state index in [4.69, 9.17) is 4.74 Å². The summed E-state index contributed by atoms with van der Waals surface area (Å²) in [7, 11) is 0. The van der Waals surface area contributed by atoms with Crippen molar-refractivity contribution >= 4 is 17.1 Å². The fraction of sp³-hybridized carbons (Fsp3) is 0.174. The molecule has 1 aliphatic carbocycles. The molecule has 2 aromatic carbocycles. The van der Waals surface area contributed by atoms with Crippen LogP contribution >= 0.6 is 0 Å². The van der Waals surface area contributed by atoms with Gasteiger partial charge in [0.05, 0.1) is 18.1 Å². The molecule has 0 saturated heterocycles. The Morgan fingerprint density at radius 2 is 1.71 bits per heavy atom. The maximum Gasteiger partial charge on any atom is 0.356 e. The molecule has 0 fully saturated rings. The van der Waals surface area contributed by atoms with E-state index in [2.05, 4.69) is 16.0 Å². The van der Waals surface area contributed by atoms with E-state index >= 15 is 0 Å². The van der Waals surface area contributed by atoms with Gasteiger partial charge in [-0.3, -0.25) is 4.98 Å². The zero-order valence-corrected chi connectivity index (χ0v) is 15.3. The van der Waals surface area contributed by atoms with Gasteiger partial charge in [0.15, 0.2) is 5.69 Å². The third-order valence-electron chi connectivity index (χ3n) is 4.83. The normalized spacial score (nSPS) is 13.6. The molecule has 0 bridgehead atoms. The van der Waals surface area contributed by atoms with Crippen molar-refractivity contribution in [1.29, 1.82) is 0 Å². The molecule has 0 saturated carbocycles. The van der Waals surface area contributed by atoms with Gasteiger partial charge in [-0.15, -0.1) is 0 Å². The standard InChI is InChI=1S/C23H20N2O3/c26-23(27)21-14-24-13-20(25-21)18-11-6-10-17(18)19-9-4-5-12-22(19)28-15-16-7-2-1-3-8-16/h1-5,7-9,12-14H,6,10-11,15H2,(H,26,27). The summed E-state index contributed by atoms with van der Waals surface area (Å²) in [5, 5.41) is 9.22. The zero-order valence-electron chi connectivity index (χ0n) is 15.3. The molecule has 0 aliphatic heterocycles. The van der Waals surface area contributed by atoms with E-state index in [0.29, 0.717) is 12.3 Å². The van der Waals surface area contributed by atoms with Gasteiger partial charge in [0.2, 0.25) is 0 Å². The quantitative estimate of drug-likeness (QED) is 0.670. The van der Waals surface area contributed by atoms with E-state index in [1.807, 2.05) is 48.5 Å². The molecular formula is C23H20N2O3. The van der Waals surface area contributed by atoms with Gasteiger partial charge in [-0.25, -0.2) is 9.78 Å². The van der Waals surface area contributed by atoms with Crippen molar-refractivity contribution in [3.63, 3.8) is 0 Å². The van der Waals surface area contributed by atoms with E-state index in [1.54, 1.807) is 6.20 Å². The van der Waals surface area contributed by atoms with Crippen molar-refractivity contribution in [2.45, 2.75) is 25.9 Å². The minimum atomic E-state index is -1.07. The van der Waals surface area contributed by atoms with Crippen LogP contribution in [0.5, 0.6) is 5.75 Å². The maximum absolute atomic E-state index is 11.3. The third-order valence-corrected chi connectivity index (χ3v) is 4.83. The first kappa shape index (κ1) is 17.9. The fourth-order valence-corrected chi connectivity index (χ4v) is 3.52. The highest BCUT2D eigenvalue weighted by Crippen LogP contribution is 2.42. The molecular weight excluding hydrogens is 352 g/mol. The molecule has 0 unspecified atom stereocenters. The lowest BCUT2D eigenvalue weighted by Gasteiger charge is -2.14. The Labute approximate surface area is 163 Å². The topological polar surface area (TPSA) is 72.3 Å². The number of carbonyl (C=O) groups is 1. The van der Waals surface area contributed by atoms with Gasteiger partial charge in [0.1, 0.15) is 12.4 Å². The number of aromatic carboxylic acids is 1. The summed E-state index contributed by atoms with van der Waals surface area (Å²) >= 11 is 0. The van der Waals surface area contributed by atoms with Crippen LogP contribution in [-0.2, 0) is 6.61 Å². The van der Waals surface area contributed by atoms with Crippen molar-refractivity contribution in [1.82, 2.24) is 9.97 Å². The highest BCUT2D eigenvalue weighted by molar-refractivity contribution is 5.94. The van der Waals surface area contributed by atoms with Crippen LogP contribution in [0.1, 0.15) is 46.6 Å².